The third-order valence-electron chi connectivity index (χ3n) is 6.17. The number of allylic oxidation sites excluding steroid dienone is 3. The van der Waals surface area contributed by atoms with Crippen LogP contribution in [0, 0.1) is 11.7 Å². The smallest absolute Gasteiger partial charge is 0.127 e. The molecular formula is C24H33F. The van der Waals surface area contributed by atoms with Gasteiger partial charge in [0.2, 0.25) is 0 Å². The Bertz CT molecular complexity index is 630. The molecule has 0 nitrogen and oxygen atoms in total. The minimum atomic E-state index is 0.0325. The van der Waals surface area contributed by atoms with Crippen LogP contribution in [0.3, 0.4) is 0 Å². The molecule has 1 fully saturated rings. The van der Waals surface area contributed by atoms with Crippen LogP contribution in [0.5, 0.6) is 0 Å². The highest BCUT2D eigenvalue weighted by molar-refractivity contribution is 5.60. The quantitative estimate of drug-likeness (QED) is 0.468. The van der Waals surface area contributed by atoms with Crippen LogP contribution >= 0.6 is 0 Å². The second kappa shape index (κ2) is 8.83. The summed E-state index contributed by atoms with van der Waals surface area (Å²) in [6.07, 6.45) is 18.6. The van der Waals surface area contributed by atoms with E-state index in [1.54, 1.807) is 0 Å². The van der Waals surface area contributed by atoms with E-state index in [0.29, 0.717) is 5.92 Å². The van der Waals surface area contributed by atoms with Crippen LogP contribution in [0.25, 0.3) is 6.08 Å². The fraction of sp³-hybridized carbons (Fsp3) is 0.583. The average Bonchev–Trinajstić information content (AvgIpc) is 2.62. The molecule has 25 heavy (non-hydrogen) atoms. The number of hydrogen-bond donors (Lipinski definition) is 0. The predicted molar refractivity (Wildman–Crippen MR) is 106 cm³/mol. The fourth-order valence-corrected chi connectivity index (χ4v) is 4.68. The van der Waals surface area contributed by atoms with Crippen LogP contribution in [-0.4, -0.2) is 0 Å². The molecule has 1 heteroatoms. The Morgan fingerprint density at radius 2 is 1.92 bits per heavy atom. The predicted octanol–water partition coefficient (Wildman–Crippen LogP) is 7.59. The summed E-state index contributed by atoms with van der Waals surface area (Å²) in [5.74, 6) is 1.31. The van der Waals surface area contributed by atoms with Crippen molar-refractivity contribution in [1.29, 1.82) is 0 Å². The Balaban J connectivity index is 1.66. The molecular weight excluding hydrogens is 307 g/mol. The standard InChI is InChI=1S/C24H33F/c1-3-5-6-8-18-9-12-20(13-10-18)23-16-21-14-11-19(7-4-2)15-22(21)17-24(23)25/h3,5,15-18,20H,4,6-14H2,1-2H3. The van der Waals surface area contributed by atoms with Gasteiger partial charge in [-0.3, -0.25) is 0 Å². The second-order valence-electron chi connectivity index (χ2n) is 7.99. The molecule has 0 aromatic heterocycles. The van der Waals surface area contributed by atoms with E-state index in [1.807, 2.05) is 6.07 Å². The largest absolute Gasteiger partial charge is 0.207 e. The van der Waals surface area contributed by atoms with Gasteiger partial charge in [0.05, 0.1) is 0 Å². The zero-order valence-corrected chi connectivity index (χ0v) is 16.0. The van der Waals surface area contributed by atoms with E-state index in [0.717, 1.165) is 49.1 Å². The van der Waals surface area contributed by atoms with Crippen LogP contribution in [0.4, 0.5) is 4.39 Å². The van der Waals surface area contributed by atoms with Crippen LogP contribution in [0.2, 0.25) is 0 Å². The molecule has 0 unspecified atom stereocenters. The van der Waals surface area contributed by atoms with E-state index in [-0.39, 0.29) is 5.82 Å². The summed E-state index contributed by atoms with van der Waals surface area (Å²) in [4.78, 5) is 0. The average molecular weight is 341 g/mol. The van der Waals surface area contributed by atoms with E-state index in [2.05, 4.69) is 38.1 Å². The van der Waals surface area contributed by atoms with E-state index in [1.165, 1.54) is 43.2 Å². The summed E-state index contributed by atoms with van der Waals surface area (Å²) in [5, 5.41) is 0. The molecule has 136 valence electrons. The first-order chi connectivity index (χ1) is 12.2. The lowest BCUT2D eigenvalue weighted by atomic mass is 9.76. The number of hydrogen-bond acceptors (Lipinski definition) is 0. The second-order valence-corrected chi connectivity index (χ2v) is 7.99. The molecule has 2 aliphatic carbocycles. The highest BCUT2D eigenvalue weighted by Crippen LogP contribution is 2.40. The Morgan fingerprint density at radius 3 is 2.64 bits per heavy atom. The number of rotatable bonds is 6. The summed E-state index contributed by atoms with van der Waals surface area (Å²) in [7, 11) is 0. The van der Waals surface area contributed by atoms with Crippen molar-refractivity contribution in [2.75, 3.05) is 0 Å². The lowest BCUT2D eigenvalue weighted by Crippen LogP contribution is -2.15. The SMILES string of the molecule is CC=CCCC1CCC(c2cc3c(cc2F)C=C(CCC)CC3)CC1. The van der Waals surface area contributed by atoms with Crippen molar-refractivity contribution < 1.29 is 4.39 Å². The van der Waals surface area contributed by atoms with E-state index >= 15 is 0 Å². The molecule has 0 atom stereocenters. The van der Waals surface area contributed by atoms with Gasteiger partial charge in [0.25, 0.3) is 0 Å². The lowest BCUT2D eigenvalue weighted by molar-refractivity contribution is 0.308. The molecule has 0 bridgehead atoms. The summed E-state index contributed by atoms with van der Waals surface area (Å²) in [5.41, 5.74) is 4.99. The van der Waals surface area contributed by atoms with Crippen molar-refractivity contribution in [2.24, 2.45) is 5.92 Å². The van der Waals surface area contributed by atoms with Gasteiger partial charge in [0.15, 0.2) is 0 Å². The van der Waals surface area contributed by atoms with Crippen molar-refractivity contribution in [3.05, 3.63) is 52.4 Å². The van der Waals surface area contributed by atoms with Gasteiger partial charge < -0.3 is 0 Å². The summed E-state index contributed by atoms with van der Waals surface area (Å²) >= 11 is 0. The maximum atomic E-state index is 14.8. The number of benzene rings is 1. The monoisotopic (exact) mass is 340 g/mol. The molecule has 0 N–H and O–H groups in total. The Morgan fingerprint density at radius 1 is 1.12 bits per heavy atom. The number of fused-ring (bicyclic) bond motifs is 1. The normalized spacial score (nSPS) is 23.6. The number of aryl methyl sites for hydroxylation is 1. The Kier molecular flexibility index (Phi) is 6.51. The fourth-order valence-electron chi connectivity index (χ4n) is 4.68. The molecule has 0 amide bonds. The highest BCUT2D eigenvalue weighted by atomic mass is 19.1. The molecule has 0 saturated heterocycles. The first-order valence-corrected chi connectivity index (χ1v) is 10.3. The molecule has 0 radical (unpaired) electrons. The molecule has 1 aromatic carbocycles. The summed E-state index contributed by atoms with van der Waals surface area (Å²) in [6, 6.07) is 4.02. The molecule has 2 aliphatic rings. The van der Waals surface area contributed by atoms with E-state index in [4.69, 9.17) is 0 Å². The van der Waals surface area contributed by atoms with Crippen LogP contribution in [0.15, 0.2) is 29.9 Å². The highest BCUT2D eigenvalue weighted by Gasteiger charge is 2.25. The number of halogens is 1. The van der Waals surface area contributed by atoms with Crippen molar-refractivity contribution >= 4 is 6.08 Å². The van der Waals surface area contributed by atoms with Crippen molar-refractivity contribution in [2.45, 2.75) is 84.0 Å². The Labute approximate surface area is 153 Å². The molecule has 1 aromatic rings. The minimum absolute atomic E-state index is 0.0325. The van der Waals surface area contributed by atoms with Gasteiger partial charge in [-0.05, 0) is 99.3 Å². The van der Waals surface area contributed by atoms with Gasteiger partial charge in [-0.15, -0.1) is 0 Å². The molecule has 3 rings (SSSR count). The first-order valence-electron chi connectivity index (χ1n) is 10.3. The van der Waals surface area contributed by atoms with Gasteiger partial charge in [-0.1, -0.05) is 43.2 Å². The third-order valence-corrected chi connectivity index (χ3v) is 6.17. The van der Waals surface area contributed by atoms with Crippen LogP contribution in [-0.2, 0) is 6.42 Å². The van der Waals surface area contributed by atoms with E-state index in [9.17, 15) is 4.39 Å². The molecule has 1 saturated carbocycles. The van der Waals surface area contributed by atoms with Crippen molar-refractivity contribution in [3.63, 3.8) is 0 Å². The minimum Gasteiger partial charge on any atom is -0.207 e. The van der Waals surface area contributed by atoms with E-state index < -0.39 is 0 Å². The van der Waals surface area contributed by atoms with Crippen LogP contribution in [0.1, 0.15) is 94.2 Å². The van der Waals surface area contributed by atoms with Crippen LogP contribution < -0.4 is 0 Å². The maximum Gasteiger partial charge on any atom is 0.127 e. The van der Waals surface area contributed by atoms with Crippen molar-refractivity contribution in [3.8, 4) is 0 Å². The maximum absolute atomic E-state index is 14.8. The van der Waals surface area contributed by atoms with Gasteiger partial charge in [-0.25, -0.2) is 4.39 Å². The molecule has 0 aliphatic heterocycles. The van der Waals surface area contributed by atoms with Gasteiger partial charge in [0.1, 0.15) is 5.82 Å². The van der Waals surface area contributed by atoms with Gasteiger partial charge in [0, 0.05) is 0 Å². The zero-order valence-electron chi connectivity index (χ0n) is 16.0. The molecule has 0 spiro atoms. The van der Waals surface area contributed by atoms with Crippen molar-refractivity contribution in [1.82, 2.24) is 0 Å². The Hall–Kier alpha value is -1.37. The first kappa shape index (κ1) is 18.4. The summed E-state index contributed by atoms with van der Waals surface area (Å²) < 4.78 is 14.8. The third kappa shape index (κ3) is 4.63. The molecule has 0 heterocycles. The lowest BCUT2D eigenvalue weighted by Gasteiger charge is -2.29. The zero-order chi connectivity index (χ0) is 17.6. The summed E-state index contributed by atoms with van der Waals surface area (Å²) in [6.45, 7) is 4.31. The van der Waals surface area contributed by atoms with Gasteiger partial charge >= 0.3 is 0 Å². The van der Waals surface area contributed by atoms with Gasteiger partial charge in [-0.2, -0.15) is 0 Å². The topological polar surface area (TPSA) is 0 Å².